The van der Waals surface area contributed by atoms with Crippen LogP contribution < -0.4 is 9.47 Å². The number of aromatic nitrogens is 4. The van der Waals surface area contributed by atoms with Crippen molar-refractivity contribution >= 4 is 33.4 Å². The predicted molar refractivity (Wildman–Crippen MR) is 176 cm³/mol. The molecule has 0 N–H and O–H groups in total. The standard InChI is InChI=1S/C36H52N4O2/c1-3-5-7-9-11-13-15-17-21-25-41-33-27-31-32(28-34(33)42-26-22-18-16-14-12-10-8-6-4-2)40-36-35(39-31)37-29-23-19-20-24-30(29)38-36/h19-20,23-24,27-28H,3-18,21-22,25-26H2,1-2H3. The van der Waals surface area contributed by atoms with E-state index < -0.39 is 0 Å². The largest absolute Gasteiger partial charge is 0.490 e. The third kappa shape index (κ3) is 10.4. The maximum absolute atomic E-state index is 6.30. The molecule has 0 saturated heterocycles. The molecule has 6 heteroatoms. The van der Waals surface area contributed by atoms with E-state index >= 15 is 0 Å². The summed E-state index contributed by atoms with van der Waals surface area (Å²) in [7, 11) is 0. The number of benzene rings is 2. The third-order valence-electron chi connectivity index (χ3n) is 8.04. The van der Waals surface area contributed by atoms with Crippen LogP contribution in [-0.2, 0) is 0 Å². The molecule has 0 atom stereocenters. The fraction of sp³-hybridized carbons (Fsp3) is 0.611. The van der Waals surface area contributed by atoms with E-state index in [0.717, 1.165) is 46.4 Å². The second kappa shape index (κ2) is 18.5. The van der Waals surface area contributed by atoms with E-state index in [1.165, 1.54) is 103 Å². The summed E-state index contributed by atoms with van der Waals surface area (Å²) in [6, 6.07) is 11.8. The van der Waals surface area contributed by atoms with Gasteiger partial charge in [-0.2, -0.15) is 0 Å². The molecule has 0 fully saturated rings. The van der Waals surface area contributed by atoms with E-state index in [2.05, 4.69) is 13.8 Å². The molecular formula is C36H52N4O2. The van der Waals surface area contributed by atoms with Crippen molar-refractivity contribution in [1.29, 1.82) is 0 Å². The van der Waals surface area contributed by atoms with Gasteiger partial charge in [0.15, 0.2) is 22.8 Å². The van der Waals surface area contributed by atoms with Crippen molar-refractivity contribution in [3.05, 3.63) is 36.4 Å². The summed E-state index contributed by atoms with van der Waals surface area (Å²) in [6.07, 6.45) is 23.3. The van der Waals surface area contributed by atoms with Gasteiger partial charge in [0, 0.05) is 12.1 Å². The number of ether oxygens (including phenoxy) is 2. The summed E-state index contributed by atoms with van der Waals surface area (Å²) < 4.78 is 12.6. The molecule has 6 nitrogen and oxygen atoms in total. The molecule has 4 aromatic rings. The van der Waals surface area contributed by atoms with Crippen molar-refractivity contribution < 1.29 is 9.47 Å². The van der Waals surface area contributed by atoms with Crippen LogP contribution in [0.15, 0.2) is 36.4 Å². The molecule has 0 bridgehead atoms. The molecule has 228 valence electrons. The van der Waals surface area contributed by atoms with Gasteiger partial charge in [-0.05, 0) is 25.0 Å². The number of rotatable bonds is 22. The highest BCUT2D eigenvalue weighted by Crippen LogP contribution is 2.32. The molecule has 0 aliphatic heterocycles. The average molecular weight is 573 g/mol. The van der Waals surface area contributed by atoms with E-state index in [4.69, 9.17) is 29.4 Å². The predicted octanol–water partition coefficient (Wildman–Crippen LogP) is 10.5. The highest BCUT2D eigenvalue weighted by Gasteiger charge is 2.13. The second-order valence-electron chi connectivity index (χ2n) is 11.7. The maximum Gasteiger partial charge on any atom is 0.199 e. The van der Waals surface area contributed by atoms with Gasteiger partial charge in [0.05, 0.1) is 35.3 Å². The van der Waals surface area contributed by atoms with Crippen LogP contribution in [0.2, 0.25) is 0 Å². The first kappa shape index (κ1) is 31.9. The zero-order chi connectivity index (χ0) is 29.2. The van der Waals surface area contributed by atoms with E-state index in [-0.39, 0.29) is 0 Å². The second-order valence-corrected chi connectivity index (χ2v) is 11.7. The Kier molecular flexibility index (Phi) is 14.1. The number of fused-ring (bicyclic) bond motifs is 3. The molecule has 0 aliphatic rings. The Morgan fingerprint density at radius 3 is 1.14 bits per heavy atom. The molecule has 2 heterocycles. The van der Waals surface area contributed by atoms with E-state index in [1.54, 1.807) is 0 Å². The lowest BCUT2D eigenvalue weighted by Gasteiger charge is -2.14. The summed E-state index contributed by atoms with van der Waals surface area (Å²) in [5.41, 5.74) is 4.25. The zero-order valence-electron chi connectivity index (χ0n) is 26.2. The third-order valence-corrected chi connectivity index (χ3v) is 8.04. The molecule has 42 heavy (non-hydrogen) atoms. The lowest BCUT2D eigenvalue weighted by molar-refractivity contribution is 0.259. The normalized spacial score (nSPS) is 11.6. The van der Waals surface area contributed by atoms with Crippen LogP contribution in [0.4, 0.5) is 0 Å². The summed E-state index contributed by atoms with van der Waals surface area (Å²) in [5, 5.41) is 0. The molecule has 0 saturated carbocycles. The van der Waals surface area contributed by atoms with Crippen molar-refractivity contribution in [2.24, 2.45) is 0 Å². The first-order valence-corrected chi connectivity index (χ1v) is 16.9. The molecule has 0 aliphatic carbocycles. The van der Waals surface area contributed by atoms with Gasteiger partial charge in [-0.1, -0.05) is 129 Å². The monoisotopic (exact) mass is 572 g/mol. The van der Waals surface area contributed by atoms with E-state index in [9.17, 15) is 0 Å². The van der Waals surface area contributed by atoms with E-state index in [0.29, 0.717) is 24.5 Å². The number of hydrogen-bond donors (Lipinski definition) is 0. The lowest BCUT2D eigenvalue weighted by atomic mass is 10.1. The average Bonchev–Trinajstić information content (AvgIpc) is 3.01. The Morgan fingerprint density at radius 2 is 0.762 bits per heavy atom. The number of unbranched alkanes of at least 4 members (excludes halogenated alkanes) is 16. The van der Waals surface area contributed by atoms with Crippen molar-refractivity contribution in [3.8, 4) is 11.5 Å². The fourth-order valence-corrected chi connectivity index (χ4v) is 5.49. The van der Waals surface area contributed by atoms with Crippen LogP contribution in [-0.4, -0.2) is 33.1 Å². The Bertz CT molecular complexity index is 1240. The lowest BCUT2D eigenvalue weighted by Crippen LogP contribution is -2.04. The SMILES string of the molecule is CCCCCCCCCCCOc1cc2nc3nc4ccccc4nc3nc2cc1OCCCCCCCCCCC. The van der Waals surface area contributed by atoms with Crippen molar-refractivity contribution in [3.63, 3.8) is 0 Å². The molecule has 0 unspecified atom stereocenters. The Hall–Kier alpha value is -3.02. The molecule has 2 aromatic carbocycles. The molecule has 4 rings (SSSR count). The Morgan fingerprint density at radius 1 is 0.429 bits per heavy atom. The quantitative estimate of drug-likeness (QED) is 0.0689. The Balaban J connectivity index is 1.35. The van der Waals surface area contributed by atoms with Gasteiger partial charge in [0.25, 0.3) is 0 Å². The minimum absolute atomic E-state index is 0.550. The van der Waals surface area contributed by atoms with Gasteiger partial charge in [-0.15, -0.1) is 0 Å². The summed E-state index contributed by atoms with van der Waals surface area (Å²) in [5.74, 6) is 1.50. The van der Waals surface area contributed by atoms with Gasteiger partial charge >= 0.3 is 0 Å². The van der Waals surface area contributed by atoms with Crippen LogP contribution in [0.3, 0.4) is 0 Å². The van der Waals surface area contributed by atoms with Gasteiger partial charge in [-0.25, -0.2) is 19.9 Å². The first-order chi connectivity index (χ1) is 20.8. The number of para-hydroxylation sites is 2. The van der Waals surface area contributed by atoms with Gasteiger partial charge in [0.2, 0.25) is 0 Å². The highest BCUT2D eigenvalue weighted by atomic mass is 16.5. The summed E-state index contributed by atoms with van der Waals surface area (Å²) in [4.78, 5) is 19.0. The summed E-state index contributed by atoms with van der Waals surface area (Å²) in [6.45, 7) is 5.91. The molecular weight excluding hydrogens is 520 g/mol. The molecule has 2 aromatic heterocycles. The van der Waals surface area contributed by atoms with Crippen molar-refractivity contribution in [2.75, 3.05) is 13.2 Å². The molecule has 0 radical (unpaired) electrons. The minimum Gasteiger partial charge on any atom is -0.490 e. The molecule has 0 amide bonds. The number of hydrogen-bond acceptors (Lipinski definition) is 6. The molecule has 0 spiro atoms. The van der Waals surface area contributed by atoms with Gasteiger partial charge < -0.3 is 9.47 Å². The van der Waals surface area contributed by atoms with Crippen LogP contribution in [0.1, 0.15) is 129 Å². The van der Waals surface area contributed by atoms with Crippen molar-refractivity contribution in [2.45, 2.75) is 129 Å². The van der Waals surface area contributed by atoms with Crippen LogP contribution in [0.25, 0.3) is 33.4 Å². The zero-order valence-corrected chi connectivity index (χ0v) is 26.2. The van der Waals surface area contributed by atoms with Crippen LogP contribution in [0, 0.1) is 0 Å². The van der Waals surface area contributed by atoms with Gasteiger partial charge in [0.1, 0.15) is 0 Å². The highest BCUT2D eigenvalue weighted by molar-refractivity contribution is 5.89. The van der Waals surface area contributed by atoms with Gasteiger partial charge in [-0.3, -0.25) is 0 Å². The van der Waals surface area contributed by atoms with E-state index in [1.807, 2.05) is 36.4 Å². The number of nitrogens with zero attached hydrogens (tertiary/aromatic N) is 4. The topological polar surface area (TPSA) is 70.0 Å². The maximum atomic E-state index is 6.30. The fourth-order valence-electron chi connectivity index (χ4n) is 5.49. The first-order valence-electron chi connectivity index (χ1n) is 16.9. The minimum atomic E-state index is 0.550. The Labute approximate surface area is 253 Å². The van der Waals surface area contributed by atoms with Crippen molar-refractivity contribution in [1.82, 2.24) is 19.9 Å². The van der Waals surface area contributed by atoms with Crippen LogP contribution in [0.5, 0.6) is 11.5 Å². The summed E-state index contributed by atoms with van der Waals surface area (Å²) >= 11 is 0. The van der Waals surface area contributed by atoms with Crippen LogP contribution >= 0.6 is 0 Å². The smallest absolute Gasteiger partial charge is 0.199 e.